The summed E-state index contributed by atoms with van der Waals surface area (Å²) < 4.78 is 31.9. The minimum Gasteiger partial charge on any atom is -0.481 e. The molecule has 1 aromatic carbocycles. The van der Waals surface area contributed by atoms with Gasteiger partial charge in [-0.2, -0.15) is 0 Å². The first kappa shape index (κ1) is 19.3. The molecule has 0 aliphatic heterocycles. The Morgan fingerprint density at radius 1 is 1.21 bits per heavy atom. The Morgan fingerprint density at radius 3 is 2.71 bits per heavy atom. The van der Waals surface area contributed by atoms with Crippen molar-refractivity contribution in [3.63, 3.8) is 0 Å². The van der Waals surface area contributed by atoms with Gasteiger partial charge in [0.1, 0.15) is 0 Å². The van der Waals surface area contributed by atoms with Crippen LogP contribution in [0.15, 0.2) is 72.0 Å². The van der Waals surface area contributed by atoms with E-state index >= 15 is 0 Å². The van der Waals surface area contributed by atoms with E-state index in [1.165, 1.54) is 43.2 Å². The topological polar surface area (TPSA) is 111 Å². The van der Waals surface area contributed by atoms with Gasteiger partial charge in [-0.15, -0.1) is 0 Å². The summed E-state index contributed by atoms with van der Waals surface area (Å²) in [5, 5.41) is 8.48. The molecule has 8 nitrogen and oxygen atoms in total. The van der Waals surface area contributed by atoms with Crippen LogP contribution in [0.5, 0.6) is 5.88 Å². The molecule has 0 fully saturated rings. The van der Waals surface area contributed by atoms with Crippen LogP contribution >= 0.6 is 0 Å². The van der Waals surface area contributed by atoms with Gasteiger partial charge in [0.25, 0.3) is 15.9 Å². The number of ether oxygens (including phenoxy) is 1. The van der Waals surface area contributed by atoms with Crippen molar-refractivity contribution in [3.8, 4) is 17.0 Å². The summed E-state index contributed by atoms with van der Waals surface area (Å²) >= 11 is 0. The van der Waals surface area contributed by atoms with Gasteiger partial charge in [-0.25, -0.2) is 22.9 Å². The molecule has 9 heteroatoms. The van der Waals surface area contributed by atoms with Gasteiger partial charge in [-0.1, -0.05) is 12.1 Å². The van der Waals surface area contributed by atoms with E-state index in [0.717, 1.165) is 15.6 Å². The van der Waals surface area contributed by atoms with Crippen molar-refractivity contribution in [1.82, 2.24) is 14.4 Å². The van der Waals surface area contributed by atoms with Crippen molar-refractivity contribution in [3.05, 3.63) is 72.7 Å². The summed E-state index contributed by atoms with van der Waals surface area (Å²) in [6.07, 6.45) is 6.83. The van der Waals surface area contributed by atoms with E-state index in [1.54, 1.807) is 36.5 Å². The molecule has 0 saturated heterocycles. The number of carbonyl (C=O) groups is 1. The molecule has 0 atom stereocenters. The molecule has 0 spiro atoms. The van der Waals surface area contributed by atoms with E-state index in [2.05, 4.69) is 4.98 Å². The van der Waals surface area contributed by atoms with Crippen molar-refractivity contribution in [2.45, 2.75) is 4.90 Å². The van der Waals surface area contributed by atoms with Crippen molar-refractivity contribution < 1.29 is 23.2 Å². The highest BCUT2D eigenvalue weighted by atomic mass is 32.2. The number of rotatable bonds is 6. The number of pyridine rings is 1. The summed E-state index contributed by atoms with van der Waals surface area (Å²) in [6.45, 7) is 0. The maximum absolute atomic E-state index is 12.9. The highest BCUT2D eigenvalue weighted by Crippen LogP contribution is 2.24. The predicted molar refractivity (Wildman–Crippen MR) is 102 cm³/mol. The second-order valence-electron chi connectivity index (χ2n) is 5.71. The summed E-state index contributed by atoms with van der Waals surface area (Å²) in [6, 6.07) is 11.5. The van der Waals surface area contributed by atoms with Crippen LogP contribution in [0.4, 0.5) is 0 Å². The Balaban J connectivity index is 1.91. The Hall–Kier alpha value is -3.43. The SMILES string of the molecule is COc1ccc(-c2cccc(S(=O)(=O)n3ccc(C=CC(=O)NO)c3)c2)cn1. The summed E-state index contributed by atoms with van der Waals surface area (Å²) in [4.78, 5) is 15.3. The Bertz CT molecular complexity index is 1120. The first-order valence-corrected chi connectivity index (χ1v) is 9.54. The Kier molecular flexibility index (Phi) is 5.57. The molecule has 2 heterocycles. The molecule has 1 amide bonds. The number of nitrogens with zero attached hydrogens (tertiary/aromatic N) is 2. The van der Waals surface area contributed by atoms with Crippen LogP contribution in [0.1, 0.15) is 5.56 Å². The monoisotopic (exact) mass is 399 g/mol. The van der Waals surface area contributed by atoms with Gasteiger partial charge >= 0.3 is 0 Å². The quantitative estimate of drug-likeness (QED) is 0.374. The maximum atomic E-state index is 12.9. The molecule has 0 radical (unpaired) electrons. The van der Waals surface area contributed by atoms with Crippen LogP contribution in [0.25, 0.3) is 17.2 Å². The second-order valence-corrected chi connectivity index (χ2v) is 7.55. The average Bonchev–Trinajstić information content (AvgIpc) is 3.22. The van der Waals surface area contributed by atoms with E-state index in [9.17, 15) is 13.2 Å². The number of nitrogens with one attached hydrogen (secondary N) is 1. The van der Waals surface area contributed by atoms with E-state index in [-0.39, 0.29) is 4.90 Å². The van der Waals surface area contributed by atoms with Crippen LogP contribution in [0.3, 0.4) is 0 Å². The normalized spacial score (nSPS) is 11.5. The summed E-state index contributed by atoms with van der Waals surface area (Å²) in [7, 11) is -2.30. The number of hydroxylamine groups is 1. The van der Waals surface area contributed by atoms with Crippen LogP contribution in [-0.2, 0) is 14.8 Å². The van der Waals surface area contributed by atoms with Crippen molar-refractivity contribution in [1.29, 1.82) is 0 Å². The fourth-order valence-electron chi connectivity index (χ4n) is 2.48. The van der Waals surface area contributed by atoms with Crippen LogP contribution in [0, 0.1) is 0 Å². The highest BCUT2D eigenvalue weighted by Gasteiger charge is 2.17. The fourth-order valence-corrected chi connectivity index (χ4v) is 3.73. The first-order valence-electron chi connectivity index (χ1n) is 8.10. The lowest BCUT2D eigenvalue weighted by molar-refractivity contribution is -0.124. The van der Waals surface area contributed by atoms with Crippen molar-refractivity contribution >= 4 is 22.0 Å². The minimum atomic E-state index is -3.82. The van der Waals surface area contributed by atoms with Crippen LogP contribution in [0.2, 0.25) is 0 Å². The number of amides is 1. The third kappa shape index (κ3) is 4.11. The second kappa shape index (κ2) is 8.07. The fraction of sp³-hybridized carbons (Fsp3) is 0.0526. The third-order valence-corrected chi connectivity index (χ3v) is 5.55. The number of hydrogen-bond acceptors (Lipinski definition) is 6. The predicted octanol–water partition coefficient (Wildman–Crippen LogP) is 2.31. The zero-order chi connectivity index (χ0) is 20.1. The van der Waals surface area contributed by atoms with Gasteiger partial charge in [-0.05, 0) is 41.5 Å². The zero-order valence-corrected chi connectivity index (χ0v) is 15.6. The number of methoxy groups -OCH3 is 1. The molecule has 2 N–H and O–H groups in total. The minimum absolute atomic E-state index is 0.111. The van der Waals surface area contributed by atoms with Gasteiger partial charge < -0.3 is 4.74 Å². The molecule has 3 aromatic rings. The van der Waals surface area contributed by atoms with Gasteiger partial charge in [-0.3, -0.25) is 10.0 Å². The number of aromatic nitrogens is 2. The highest BCUT2D eigenvalue weighted by molar-refractivity contribution is 7.90. The summed E-state index contributed by atoms with van der Waals surface area (Å²) in [5.41, 5.74) is 3.40. The van der Waals surface area contributed by atoms with Gasteiger partial charge in [0.15, 0.2) is 0 Å². The largest absolute Gasteiger partial charge is 0.481 e. The molecular formula is C19H17N3O5S. The molecule has 0 aliphatic carbocycles. The number of carbonyl (C=O) groups excluding carboxylic acids is 1. The molecule has 28 heavy (non-hydrogen) atoms. The standard InChI is InChI=1S/C19H17N3O5S/c1-27-19-8-6-16(12-20-19)15-3-2-4-17(11-15)28(25,26)22-10-9-14(13-22)5-7-18(23)21-24/h2-13,24H,1H3,(H,21,23). The van der Waals surface area contributed by atoms with Crippen LogP contribution in [-0.4, -0.2) is 35.6 Å². The van der Waals surface area contributed by atoms with E-state index in [4.69, 9.17) is 9.94 Å². The smallest absolute Gasteiger partial charge is 0.267 e. The Morgan fingerprint density at radius 2 is 2.04 bits per heavy atom. The number of hydrogen-bond donors (Lipinski definition) is 2. The molecule has 0 saturated carbocycles. The Labute approximate surface area is 161 Å². The first-order chi connectivity index (χ1) is 13.4. The van der Waals surface area contributed by atoms with E-state index < -0.39 is 15.9 Å². The molecule has 0 bridgehead atoms. The molecule has 3 rings (SSSR count). The lowest BCUT2D eigenvalue weighted by Gasteiger charge is -2.08. The van der Waals surface area contributed by atoms with Crippen molar-refractivity contribution in [2.75, 3.05) is 7.11 Å². The van der Waals surface area contributed by atoms with Crippen molar-refractivity contribution in [2.24, 2.45) is 0 Å². The van der Waals surface area contributed by atoms with Gasteiger partial charge in [0, 0.05) is 36.3 Å². The molecule has 0 unspecified atom stereocenters. The molecule has 2 aromatic heterocycles. The lowest BCUT2D eigenvalue weighted by atomic mass is 10.1. The zero-order valence-electron chi connectivity index (χ0n) is 14.8. The molecule has 0 aliphatic rings. The van der Waals surface area contributed by atoms with Gasteiger partial charge in [0.05, 0.1) is 12.0 Å². The third-order valence-electron chi connectivity index (χ3n) is 3.92. The van der Waals surface area contributed by atoms with E-state index in [1.807, 2.05) is 0 Å². The summed E-state index contributed by atoms with van der Waals surface area (Å²) in [5.74, 6) is -0.244. The molecule has 144 valence electrons. The number of benzene rings is 1. The maximum Gasteiger partial charge on any atom is 0.267 e. The lowest BCUT2D eigenvalue weighted by Crippen LogP contribution is -2.14. The van der Waals surface area contributed by atoms with E-state index in [0.29, 0.717) is 17.0 Å². The van der Waals surface area contributed by atoms with Crippen LogP contribution < -0.4 is 10.2 Å². The molecular weight excluding hydrogens is 382 g/mol. The average molecular weight is 399 g/mol. The van der Waals surface area contributed by atoms with Gasteiger partial charge in [0.2, 0.25) is 5.88 Å².